The summed E-state index contributed by atoms with van der Waals surface area (Å²) in [7, 11) is 1.62. The zero-order valence-corrected chi connectivity index (χ0v) is 19.1. The van der Waals surface area contributed by atoms with Gasteiger partial charge in [0.15, 0.2) is 11.6 Å². The van der Waals surface area contributed by atoms with E-state index in [1.54, 1.807) is 18.9 Å². The number of thioether (sulfide) groups is 1. The van der Waals surface area contributed by atoms with Gasteiger partial charge >= 0.3 is 0 Å². The normalized spacial score (nSPS) is 22.0. The number of allylic oxidation sites excluding steroid dienone is 4. The first-order valence-corrected chi connectivity index (χ1v) is 11.4. The number of halogens is 2. The Labute approximate surface area is 195 Å². The molecule has 0 saturated heterocycles. The maximum Gasteiger partial charge on any atom is 0.254 e. The fourth-order valence-corrected chi connectivity index (χ4v) is 5.28. The molecule has 0 aromatic heterocycles. The van der Waals surface area contributed by atoms with Crippen LogP contribution in [0.2, 0.25) is 0 Å². The summed E-state index contributed by atoms with van der Waals surface area (Å²) < 4.78 is 39.1. The number of hydrogen-bond acceptors (Lipinski definition) is 5. The highest BCUT2D eigenvalue weighted by Crippen LogP contribution is 2.44. The van der Waals surface area contributed by atoms with Crippen LogP contribution in [0, 0.1) is 17.6 Å². The molecule has 1 heterocycles. The molecule has 2 N–H and O–H groups in total. The number of primary amides is 1. The molecular formula is C25H24F2N2O3S. The Balaban J connectivity index is 1.56. The van der Waals surface area contributed by atoms with Crippen molar-refractivity contribution in [3.63, 3.8) is 0 Å². The largest absolute Gasteiger partial charge is 0.497 e. The number of amides is 1. The van der Waals surface area contributed by atoms with Gasteiger partial charge in [0.2, 0.25) is 0 Å². The monoisotopic (exact) mass is 470 g/mol. The number of nitrogens with two attached hydrogens (primary N) is 1. The summed E-state index contributed by atoms with van der Waals surface area (Å²) >= 11 is 1.60. The zero-order chi connectivity index (χ0) is 23.5. The number of methoxy groups -OCH3 is 1. The van der Waals surface area contributed by atoms with Gasteiger partial charge in [0, 0.05) is 5.25 Å². The molecule has 8 heteroatoms. The highest BCUT2D eigenvalue weighted by Gasteiger charge is 2.36. The lowest BCUT2D eigenvalue weighted by Crippen LogP contribution is -2.21. The molecule has 5 nitrogen and oxygen atoms in total. The predicted molar refractivity (Wildman–Crippen MR) is 126 cm³/mol. The highest BCUT2D eigenvalue weighted by atomic mass is 32.2. The molecule has 0 saturated carbocycles. The smallest absolute Gasteiger partial charge is 0.254 e. The van der Waals surface area contributed by atoms with E-state index in [0.717, 1.165) is 29.9 Å². The molecule has 2 aromatic rings. The standard InChI is InChI=1S/C25H24F2N2O3S/c1-14-3-5-16(6-4-14)24-23(15-7-9-17(31-2)10-8-15)29-20(33-24)13-32-19-12-11-18(26)21(22(19)27)25(28)30/h3-5,7-12,16,23-24H,6,13H2,1-2H3,(H2,28,30). The minimum atomic E-state index is -1.19. The van der Waals surface area contributed by atoms with Crippen molar-refractivity contribution in [3.05, 3.63) is 83.0 Å². The number of rotatable bonds is 7. The molecule has 0 radical (unpaired) electrons. The van der Waals surface area contributed by atoms with E-state index in [0.29, 0.717) is 5.04 Å². The molecule has 0 bridgehead atoms. The van der Waals surface area contributed by atoms with Crippen LogP contribution in [0.15, 0.2) is 65.2 Å². The first-order chi connectivity index (χ1) is 15.9. The van der Waals surface area contributed by atoms with Gasteiger partial charge in [0.1, 0.15) is 28.8 Å². The summed E-state index contributed by atoms with van der Waals surface area (Å²) in [5, 5.41) is 0.835. The van der Waals surface area contributed by atoms with Crippen LogP contribution in [0.1, 0.15) is 35.3 Å². The Morgan fingerprint density at radius 2 is 1.97 bits per heavy atom. The van der Waals surface area contributed by atoms with Gasteiger partial charge in [-0.15, -0.1) is 11.8 Å². The summed E-state index contributed by atoms with van der Waals surface area (Å²) in [5.74, 6) is -2.51. The van der Waals surface area contributed by atoms with Gasteiger partial charge in [0.05, 0.1) is 13.2 Å². The number of carbonyl (C=O) groups excluding carboxylic acids is 1. The molecular weight excluding hydrogens is 446 g/mol. The SMILES string of the molecule is COc1ccc(C2N=C(COc3ccc(F)c(C(N)=O)c3F)SC2C2C=CC(C)=CC2)cc1. The van der Waals surface area contributed by atoms with Gasteiger partial charge in [-0.25, -0.2) is 8.78 Å². The molecule has 4 rings (SSSR count). The first kappa shape index (κ1) is 23.0. The van der Waals surface area contributed by atoms with Crippen LogP contribution in [0.3, 0.4) is 0 Å². The lowest BCUT2D eigenvalue weighted by Gasteiger charge is -2.26. The number of ether oxygens (including phenoxy) is 2. The quantitative estimate of drug-likeness (QED) is 0.602. The second-order valence-corrected chi connectivity index (χ2v) is 9.17. The summed E-state index contributed by atoms with van der Waals surface area (Å²) in [5.41, 5.74) is 6.57. The second kappa shape index (κ2) is 9.79. The molecule has 3 atom stereocenters. The number of nitrogens with zero attached hydrogens (tertiary/aromatic N) is 1. The van der Waals surface area contributed by atoms with Crippen LogP contribution in [0.25, 0.3) is 0 Å². The van der Waals surface area contributed by atoms with Crippen LogP contribution in [-0.2, 0) is 0 Å². The van der Waals surface area contributed by atoms with Crippen LogP contribution in [0.5, 0.6) is 11.5 Å². The van der Waals surface area contributed by atoms with Gasteiger partial charge in [0.25, 0.3) is 5.91 Å². The van der Waals surface area contributed by atoms with Crippen LogP contribution >= 0.6 is 11.8 Å². The van der Waals surface area contributed by atoms with Crippen molar-refractivity contribution in [1.29, 1.82) is 0 Å². The third-order valence-electron chi connectivity index (χ3n) is 5.72. The number of benzene rings is 2. The van der Waals surface area contributed by atoms with E-state index in [9.17, 15) is 13.6 Å². The average Bonchev–Trinajstić information content (AvgIpc) is 3.23. The van der Waals surface area contributed by atoms with Crippen molar-refractivity contribution in [3.8, 4) is 11.5 Å². The van der Waals surface area contributed by atoms with Crippen LogP contribution in [0.4, 0.5) is 8.78 Å². The van der Waals surface area contributed by atoms with E-state index in [2.05, 4.69) is 25.2 Å². The lowest BCUT2D eigenvalue weighted by molar-refractivity contribution is 0.0991. The summed E-state index contributed by atoms with van der Waals surface area (Å²) in [6, 6.07) is 9.80. The molecule has 1 aliphatic heterocycles. The third-order valence-corrected chi connectivity index (χ3v) is 7.09. The molecule has 2 aromatic carbocycles. The Hall–Kier alpha value is -3.13. The first-order valence-electron chi connectivity index (χ1n) is 10.5. The van der Waals surface area contributed by atoms with Gasteiger partial charge in [-0.2, -0.15) is 0 Å². The summed E-state index contributed by atoms with van der Waals surface area (Å²) in [6.07, 6.45) is 7.45. The van der Waals surface area contributed by atoms with E-state index >= 15 is 0 Å². The third kappa shape index (κ3) is 4.95. The Morgan fingerprint density at radius 1 is 1.21 bits per heavy atom. The topological polar surface area (TPSA) is 73.9 Å². The van der Waals surface area contributed by atoms with E-state index in [4.69, 9.17) is 20.2 Å². The van der Waals surface area contributed by atoms with Crippen molar-refractivity contribution in [2.75, 3.05) is 13.7 Å². The maximum atomic E-state index is 14.5. The Bertz CT molecular complexity index is 1150. The molecule has 0 fully saturated rings. The second-order valence-electron chi connectivity index (χ2n) is 7.92. The minimum Gasteiger partial charge on any atom is -0.497 e. The van der Waals surface area contributed by atoms with Crippen molar-refractivity contribution in [1.82, 2.24) is 0 Å². The molecule has 33 heavy (non-hydrogen) atoms. The fraction of sp³-hybridized carbons (Fsp3) is 0.280. The van der Waals surface area contributed by atoms with Crippen LogP contribution in [-0.4, -0.2) is 29.9 Å². The number of hydrogen-bond donors (Lipinski definition) is 1. The number of carbonyl (C=O) groups is 1. The lowest BCUT2D eigenvalue weighted by atomic mass is 9.88. The summed E-state index contributed by atoms with van der Waals surface area (Å²) in [6.45, 7) is 2.07. The van der Waals surface area contributed by atoms with E-state index < -0.39 is 23.1 Å². The highest BCUT2D eigenvalue weighted by molar-refractivity contribution is 8.14. The molecule has 3 unspecified atom stereocenters. The van der Waals surface area contributed by atoms with Crippen molar-refractivity contribution < 1.29 is 23.0 Å². The van der Waals surface area contributed by atoms with Gasteiger partial charge < -0.3 is 15.2 Å². The molecule has 1 amide bonds. The molecule has 172 valence electrons. The van der Waals surface area contributed by atoms with Crippen molar-refractivity contribution in [2.45, 2.75) is 24.6 Å². The van der Waals surface area contributed by atoms with Gasteiger partial charge in [-0.3, -0.25) is 9.79 Å². The van der Waals surface area contributed by atoms with Gasteiger partial charge in [-0.1, -0.05) is 35.9 Å². The minimum absolute atomic E-state index is 0.000122. The average molecular weight is 471 g/mol. The molecule has 2 aliphatic rings. The van der Waals surface area contributed by atoms with E-state index in [1.807, 2.05) is 24.3 Å². The van der Waals surface area contributed by atoms with Gasteiger partial charge in [-0.05, 0) is 49.1 Å². The zero-order valence-electron chi connectivity index (χ0n) is 18.3. The van der Waals surface area contributed by atoms with Crippen molar-refractivity contribution >= 4 is 22.7 Å². The van der Waals surface area contributed by atoms with E-state index in [1.165, 1.54) is 5.57 Å². The molecule has 1 aliphatic carbocycles. The molecule has 0 spiro atoms. The summed E-state index contributed by atoms with van der Waals surface area (Å²) in [4.78, 5) is 16.3. The van der Waals surface area contributed by atoms with Crippen molar-refractivity contribution in [2.24, 2.45) is 16.6 Å². The number of aliphatic imine (C=N–C) groups is 1. The maximum absolute atomic E-state index is 14.5. The predicted octanol–water partition coefficient (Wildman–Crippen LogP) is 5.23. The Kier molecular flexibility index (Phi) is 6.83. The van der Waals surface area contributed by atoms with E-state index in [-0.39, 0.29) is 29.6 Å². The Morgan fingerprint density at radius 3 is 2.61 bits per heavy atom. The fourth-order valence-electron chi connectivity index (χ4n) is 3.94. The van der Waals surface area contributed by atoms with Crippen LogP contribution < -0.4 is 15.2 Å².